The number of aliphatic imine (C=N–C) groups is 1. The van der Waals surface area contributed by atoms with E-state index in [1.807, 2.05) is 23.7 Å². The molecule has 2 fully saturated rings. The summed E-state index contributed by atoms with van der Waals surface area (Å²) in [6.07, 6.45) is 9.26. The molecule has 0 radical (unpaired) electrons. The van der Waals surface area contributed by atoms with Crippen LogP contribution in [-0.2, 0) is 0 Å². The van der Waals surface area contributed by atoms with E-state index in [9.17, 15) is 0 Å². The van der Waals surface area contributed by atoms with E-state index in [4.69, 9.17) is 5.73 Å². The molecule has 1 aliphatic heterocycles. The van der Waals surface area contributed by atoms with Crippen LogP contribution in [0.3, 0.4) is 0 Å². The third-order valence-corrected chi connectivity index (χ3v) is 8.49. The number of benzene rings is 1. The Kier molecular flexibility index (Phi) is 11.4. The van der Waals surface area contributed by atoms with Crippen LogP contribution in [0.5, 0.6) is 0 Å². The third kappa shape index (κ3) is 8.33. The van der Waals surface area contributed by atoms with E-state index < -0.39 is 0 Å². The van der Waals surface area contributed by atoms with Crippen molar-refractivity contribution >= 4 is 36.1 Å². The largest absolute Gasteiger partial charge is 0.330 e. The first-order valence-electron chi connectivity index (χ1n) is 12.4. The predicted octanol–water partition coefficient (Wildman–Crippen LogP) is 5.38. The van der Waals surface area contributed by atoms with Crippen LogP contribution < -0.4 is 11.1 Å². The molecule has 1 saturated heterocycles. The second kappa shape index (κ2) is 14.0. The Morgan fingerprint density at radius 3 is 2.62 bits per heavy atom. The van der Waals surface area contributed by atoms with Gasteiger partial charge in [0.15, 0.2) is 0 Å². The number of likely N-dealkylation sites (tertiary alicyclic amines) is 1. The van der Waals surface area contributed by atoms with Crippen molar-refractivity contribution in [2.45, 2.75) is 80.7 Å². The Hall–Kier alpha value is -0.570. The summed E-state index contributed by atoms with van der Waals surface area (Å²) < 4.78 is 2.44. The summed E-state index contributed by atoms with van der Waals surface area (Å²) in [6.45, 7) is 13.7. The first-order valence-corrected chi connectivity index (χ1v) is 14.2. The average Bonchev–Trinajstić information content (AvgIpc) is 3.33. The number of piperidine rings is 1. The zero-order chi connectivity index (χ0) is 22.8. The number of nitrogens with one attached hydrogen (secondary N) is 1. The van der Waals surface area contributed by atoms with Crippen molar-refractivity contribution in [2.24, 2.45) is 16.6 Å². The zero-order valence-electron chi connectivity index (χ0n) is 20.1. The maximum absolute atomic E-state index is 5.75. The Labute approximate surface area is 204 Å². The summed E-state index contributed by atoms with van der Waals surface area (Å²) in [5.74, 6) is 1.56. The van der Waals surface area contributed by atoms with Crippen LogP contribution in [0.4, 0.5) is 5.69 Å². The van der Waals surface area contributed by atoms with E-state index >= 15 is 0 Å². The summed E-state index contributed by atoms with van der Waals surface area (Å²) in [4.78, 5) is 9.48. The van der Waals surface area contributed by atoms with Gasteiger partial charge in [0.2, 0.25) is 0 Å². The Balaban J connectivity index is 1.49. The van der Waals surface area contributed by atoms with Gasteiger partial charge in [0, 0.05) is 40.8 Å². The minimum atomic E-state index is 0.632. The maximum Gasteiger partial charge on any atom is 0.0759 e. The van der Waals surface area contributed by atoms with Crippen LogP contribution in [-0.4, -0.2) is 66.6 Å². The molecule has 5 nitrogen and oxygen atoms in total. The molecule has 1 aromatic carbocycles. The minimum absolute atomic E-state index is 0.632. The molecular formula is C25H43N5S2. The van der Waals surface area contributed by atoms with Gasteiger partial charge in [0.25, 0.3) is 0 Å². The van der Waals surface area contributed by atoms with Crippen molar-refractivity contribution in [1.82, 2.24) is 14.5 Å². The van der Waals surface area contributed by atoms with Gasteiger partial charge >= 0.3 is 0 Å². The monoisotopic (exact) mass is 477 g/mol. The summed E-state index contributed by atoms with van der Waals surface area (Å²) in [5, 5.41) is 3.79. The van der Waals surface area contributed by atoms with E-state index in [1.165, 1.54) is 61.4 Å². The van der Waals surface area contributed by atoms with E-state index in [0.29, 0.717) is 12.0 Å². The molecule has 3 rings (SSSR count). The van der Waals surface area contributed by atoms with Gasteiger partial charge in [0.05, 0.1) is 5.69 Å². The fourth-order valence-corrected chi connectivity index (χ4v) is 7.00. The quantitative estimate of drug-likeness (QED) is 0.172. The van der Waals surface area contributed by atoms with Crippen molar-refractivity contribution in [1.29, 1.82) is 0 Å². The molecule has 0 aromatic heterocycles. The predicted molar refractivity (Wildman–Crippen MR) is 142 cm³/mol. The van der Waals surface area contributed by atoms with E-state index in [2.05, 4.69) is 58.3 Å². The first-order chi connectivity index (χ1) is 15.6. The van der Waals surface area contributed by atoms with Gasteiger partial charge in [-0.05, 0) is 94.5 Å². The number of hydrogen-bond donors (Lipinski definition) is 2. The van der Waals surface area contributed by atoms with E-state index in [0.717, 1.165) is 43.7 Å². The molecule has 0 bridgehead atoms. The molecule has 0 atom stereocenters. The Morgan fingerprint density at radius 2 is 1.97 bits per heavy atom. The zero-order valence-corrected chi connectivity index (χ0v) is 21.7. The second-order valence-corrected chi connectivity index (χ2v) is 11.7. The highest BCUT2D eigenvalue weighted by Crippen LogP contribution is 2.35. The van der Waals surface area contributed by atoms with Crippen molar-refractivity contribution < 1.29 is 0 Å². The SMILES string of the molecule is C=Nc1ccc(SN(CCCN)CC(C)C)cc1SCNC1CCN(C2CCCC2)CC1. The van der Waals surface area contributed by atoms with E-state index in [1.54, 1.807) is 0 Å². The van der Waals surface area contributed by atoms with Crippen LogP contribution in [0.15, 0.2) is 33.0 Å². The topological polar surface area (TPSA) is 56.9 Å². The fraction of sp³-hybridized carbons (Fsp3) is 0.720. The molecule has 32 heavy (non-hydrogen) atoms. The summed E-state index contributed by atoms with van der Waals surface area (Å²) >= 11 is 3.69. The van der Waals surface area contributed by atoms with Gasteiger partial charge in [-0.25, -0.2) is 4.31 Å². The molecular weight excluding hydrogens is 434 g/mol. The summed E-state index contributed by atoms with van der Waals surface area (Å²) in [5.41, 5.74) is 6.73. The highest BCUT2D eigenvalue weighted by Gasteiger charge is 2.26. The smallest absolute Gasteiger partial charge is 0.0759 e. The van der Waals surface area contributed by atoms with Gasteiger partial charge in [-0.1, -0.05) is 26.7 Å². The van der Waals surface area contributed by atoms with Crippen LogP contribution in [0.1, 0.15) is 58.8 Å². The molecule has 7 heteroatoms. The number of hydrogen-bond acceptors (Lipinski definition) is 7. The van der Waals surface area contributed by atoms with E-state index in [-0.39, 0.29) is 0 Å². The Bertz CT molecular complexity index is 685. The minimum Gasteiger partial charge on any atom is -0.330 e. The molecule has 0 amide bonds. The lowest BCUT2D eigenvalue weighted by Crippen LogP contribution is -2.45. The van der Waals surface area contributed by atoms with Crippen molar-refractivity contribution in [2.75, 3.05) is 38.6 Å². The van der Waals surface area contributed by atoms with Crippen molar-refractivity contribution in [3.8, 4) is 0 Å². The van der Waals surface area contributed by atoms with Crippen LogP contribution in [0, 0.1) is 5.92 Å². The van der Waals surface area contributed by atoms with Crippen LogP contribution >= 0.6 is 23.7 Å². The number of rotatable bonds is 13. The lowest BCUT2D eigenvalue weighted by atomic mass is 10.0. The lowest BCUT2D eigenvalue weighted by molar-refractivity contribution is 0.147. The number of nitrogens with two attached hydrogens (primary N) is 1. The summed E-state index contributed by atoms with van der Waals surface area (Å²) in [6, 6.07) is 8.05. The number of nitrogens with zero attached hydrogens (tertiary/aromatic N) is 3. The van der Waals surface area contributed by atoms with Crippen molar-refractivity contribution in [3.05, 3.63) is 18.2 Å². The van der Waals surface area contributed by atoms with Gasteiger partial charge in [-0.15, -0.1) is 11.8 Å². The van der Waals surface area contributed by atoms with Gasteiger partial charge in [0.1, 0.15) is 0 Å². The van der Waals surface area contributed by atoms with Gasteiger partial charge in [-0.2, -0.15) is 0 Å². The molecule has 3 N–H and O–H groups in total. The maximum atomic E-state index is 5.75. The third-order valence-electron chi connectivity index (χ3n) is 6.49. The normalized spacial score (nSPS) is 18.8. The molecule has 180 valence electrons. The molecule has 0 spiro atoms. The lowest BCUT2D eigenvalue weighted by Gasteiger charge is -2.36. The molecule has 0 unspecified atom stereocenters. The summed E-state index contributed by atoms with van der Waals surface area (Å²) in [7, 11) is 0. The van der Waals surface area contributed by atoms with Crippen LogP contribution in [0.2, 0.25) is 0 Å². The highest BCUT2D eigenvalue weighted by molar-refractivity contribution is 7.99. The first kappa shape index (κ1) is 26.0. The molecule has 1 heterocycles. The van der Waals surface area contributed by atoms with Crippen molar-refractivity contribution in [3.63, 3.8) is 0 Å². The van der Waals surface area contributed by atoms with Crippen LogP contribution in [0.25, 0.3) is 0 Å². The number of thioether (sulfide) groups is 1. The molecule has 2 aliphatic rings. The molecule has 1 saturated carbocycles. The highest BCUT2D eigenvalue weighted by atomic mass is 32.2. The second-order valence-electron chi connectivity index (χ2n) is 9.54. The van der Waals surface area contributed by atoms with Gasteiger partial charge < -0.3 is 16.0 Å². The van der Waals surface area contributed by atoms with Gasteiger partial charge in [-0.3, -0.25) is 4.99 Å². The average molecular weight is 478 g/mol. The molecule has 1 aromatic rings. The fourth-order valence-electron chi connectivity index (χ4n) is 4.77. The molecule has 1 aliphatic carbocycles. The Morgan fingerprint density at radius 1 is 1.22 bits per heavy atom. The standard InChI is InChI=1S/C25H43N5S2/c1-20(2)18-30(14-6-13-26)32-23-9-10-24(27-3)25(17-23)31-19-28-21-11-15-29(16-12-21)22-7-4-5-8-22/h9-10,17,20-22,28H,3-8,11-16,18-19,26H2,1-2H3.